The predicted octanol–water partition coefficient (Wildman–Crippen LogP) is 1.94. The molecule has 0 heterocycles. The summed E-state index contributed by atoms with van der Waals surface area (Å²) in [4.78, 5) is 11.1. The average molecular weight is 274 g/mol. The second-order valence-corrected chi connectivity index (χ2v) is 3.74. The Morgan fingerprint density at radius 1 is 1.33 bits per heavy atom. The maximum atomic E-state index is 11.1. The van der Waals surface area contributed by atoms with Gasteiger partial charge in [-0.05, 0) is 37.1 Å². The minimum atomic E-state index is -0.245. The third kappa shape index (κ3) is 6.47. The molecule has 18 heavy (non-hydrogen) atoms. The number of hydrogen-bond acceptors (Lipinski definition) is 4. The number of nitrogens with two attached hydrogens (primary N) is 1. The molecule has 1 aromatic rings. The molecule has 2 N–H and O–H groups in total. The van der Waals surface area contributed by atoms with E-state index in [-0.39, 0.29) is 24.8 Å². The largest absolute Gasteiger partial charge is 0.494 e. The molecule has 1 rings (SSSR count). The van der Waals surface area contributed by atoms with Gasteiger partial charge < -0.3 is 15.2 Å². The molecule has 0 aromatic heterocycles. The van der Waals surface area contributed by atoms with Gasteiger partial charge in [-0.1, -0.05) is 12.1 Å². The van der Waals surface area contributed by atoms with Crippen molar-refractivity contribution in [1.29, 1.82) is 0 Å². The number of carbonyl (C=O) groups is 1. The highest BCUT2D eigenvalue weighted by molar-refractivity contribution is 5.85. The molecule has 0 radical (unpaired) electrons. The molecule has 0 saturated heterocycles. The molecule has 0 bridgehead atoms. The van der Waals surface area contributed by atoms with Crippen LogP contribution in [-0.4, -0.2) is 26.2 Å². The van der Waals surface area contributed by atoms with E-state index in [1.807, 2.05) is 24.3 Å². The Kier molecular flexibility index (Phi) is 9.06. The lowest BCUT2D eigenvalue weighted by Gasteiger charge is -2.07. The number of carbonyl (C=O) groups excluding carboxylic acids is 1. The average Bonchev–Trinajstić information content (AvgIpc) is 2.35. The van der Waals surface area contributed by atoms with E-state index < -0.39 is 0 Å². The number of methoxy groups -OCH3 is 1. The molecule has 5 heteroatoms. The first-order valence-corrected chi connectivity index (χ1v) is 5.75. The summed E-state index contributed by atoms with van der Waals surface area (Å²) >= 11 is 0. The molecular weight excluding hydrogens is 254 g/mol. The molecule has 1 aromatic carbocycles. The van der Waals surface area contributed by atoms with Crippen LogP contribution >= 0.6 is 12.4 Å². The Balaban J connectivity index is 0.00000289. The number of rotatable bonds is 7. The first-order valence-electron chi connectivity index (χ1n) is 5.75. The van der Waals surface area contributed by atoms with Crippen LogP contribution in [0.15, 0.2) is 24.3 Å². The quantitative estimate of drug-likeness (QED) is 0.609. The van der Waals surface area contributed by atoms with Crippen LogP contribution < -0.4 is 10.5 Å². The van der Waals surface area contributed by atoms with Gasteiger partial charge in [0.15, 0.2) is 0 Å². The summed E-state index contributed by atoms with van der Waals surface area (Å²) < 4.78 is 10.2. The second-order valence-electron chi connectivity index (χ2n) is 3.74. The van der Waals surface area contributed by atoms with E-state index in [2.05, 4.69) is 4.74 Å². The summed E-state index contributed by atoms with van der Waals surface area (Å²) in [7, 11) is 1.38. The van der Waals surface area contributed by atoms with E-state index >= 15 is 0 Å². The van der Waals surface area contributed by atoms with Crippen molar-refractivity contribution in [2.45, 2.75) is 19.3 Å². The van der Waals surface area contributed by atoms with Gasteiger partial charge in [0.05, 0.1) is 20.1 Å². The molecule has 0 fully saturated rings. The number of halogens is 1. The van der Waals surface area contributed by atoms with Crippen molar-refractivity contribution < 1.29 is 14.3 Å². The van der Waals surface area contributed by atoms with Crippen molar-refractivity contribution >= 4 is 18.4 Å². The van der Waals surface area contributed by atoms with Gasteiger partial charge in [-0.3, -0.25) is 4.79 Å². The molecule has 0 aliphatic rings. The minimum Gasteiger partial charge on any atom is -0.494 e. The van der Waals surface area contributed by atoms with Gasteiger partial charge in [0, 0.05) is 0 Å². The Morgan fingerprint density at radius 2 is 2.11 bits per heavy atom. The second kappa shape index (κ2) is 9.74. The molecule has 0 amide bonds. The third-order valence-corrected chi connectivity index (χ3v) is 2.34. The van der Waals surface area contributed by atoms with Crippen LogP contribution in [-0.2, 0) is 16.0 Å². The zero-order valence-corrected chi connectivity index (χ0v) is 11.4. The highest BCUT2D eigenvalue weighted by Crippen LogP contribution is 2.14. The predicted molar refractivity (Wildman–Crippen MR) is 73.2 cm³/mol. The summed E-state index contributed by atoms with van der Waals surface area (Å²) in [6.07, 6.45) is 2.18. The standard InChI is InChI=1S/C13H19NO3.ClH/c1-16-13(15)10-11-5-4-6-12(9-11)17-8-3-2-7-14;/h4-6,9H,2-3,7-8,10,14H2,1H3;1H. The van der Waals surface area contributed by atoms with Crippen molar-refractivity contribution in [3.8, 4) is 5.75 Å². The van der Waals surface area contributed by atoms with Gasteiger partial charge in [0.1, 0.15) is 5.75 Å². The van der Waals surface area contributed by atoms with Crippen molar-refractivity contribution in [2.75, 3.05) is 20.3 Å². The molecule has 0 aliphatic heterocycles. The van der Waals surface area contributed by atoms with Crippen LogP contribution in [0, 0.1) is 0 Å². The van der Waals surface area contributed by atoms with Crippen molar-refractivity contribution in [3.05, 3.63) is 29.8 Å². The fourth-order valence-corrected chi connectivity index (χ4v) is 1.42. The smallest absolute Gasteiger partial charge is 0.309 e. The van der Waals surface area contributed by atoms with E-state index in [0.29, 0.717) is 13.2 Å². The summed E-state index contributed by atoms with van der Waals surface area (Å²) in [6.45, 7) is 1.34. The zero-order valence-electron chi connectivity index (χ0n) is 10.6. The molecule has 4 nitrogen and oxygen atoms in total. The molecule has 0 aliphatic carbocycles. The Bertz CT molecular complexity index is 358. The van der Waals surface area contributed by atoms with Crippen LogP contribution in [0.5, 0.6) is 5.75 Å². The van der Waals surface area contributed by atoms with Crippen molar-refractivity contribution in [1.82, 2.24) is 0 Å². The highest BCUT2D eigenvalue weighted by Gasteiger charge is 2.03. The third-order valence-electron chi connectivity index (χ3n) is 2.34. The van der Waals surface area contributed by atoms with Crippen LogP contribution in [0.2, 0.25) is 0 Å². The molecular formula is C13H20ClNO3. The lowest BCUT2D eigenvalue weighted by atomic mass is 10.1. The lowest BCUT2D eigenvalue weighted by molar-refractivity contribution is -0.139. The van der Waals surface area contributed by atoms with E-state index in [1.165, 1.54) is 7.11 Å². The number of hydrogen-bond donors (Lipinski definition) is 1. The molecule has 102 valence electrons. The SMILES string of the molecule is COC(=O)Cc1cccc(OCCCCN)c1.Cl. The van der Waals surface area contributed by atoms with Crippen LogP contribution in [0.1, 0.15) is 18.4 Å². The maximum absolute atomic E-state index is 11.1. The van der Waals surface area contributed by atoms with Crippen molar-refractivity contribution in [2.24, 2.45) is 5.73 Å². The van der Waals surface area contributed by atoms with E-state index in [1.54, 1.807) is 0 Å². The summed E-state index contributed by atoms with van der Waals surface area (Å²) in [5.74, 6) is 0.536. The molecule has 0 spiro atoms. The van der Waals surface area contributed by atoms with Crippen LogP contribution in [0.3, 0.4) is 0 Å². The molecule has 0 unspecified atom stereocenters. The maximum Gasteiger partial charge on any atom is 0.309 e. The van der Waals surface area contributed by atoms with Crippen LogP contribution in [0.4, 0.5) is 0 Å². The number of benzene rings is 1. The number of ether oxygens (including phenoxy) is 2. The van der Waals surface area contributed by atoms with E-state index in [9.17, 15) is 4.79 Å². The van der Waals surface area contributed by atoms with Gasteiger partial charge in [-0.15, -0.1) is 12.4 Å². The fourth-order valence-electron chi connectivity index (χ4n) is 1.42. The van der Waals surface area contributed by atoms with Crippen molar-refractivity contribution in [3.63, 3.8) is 0 Å². The van der Waals surface area contributed by atoms with Gasteiger partial charge >= 0.3 is 5.97 Å². The van der Waals surface area contributed by atoms with Gasteiger partial charge in [0.2, 0.25) is 0 Å². The Labute approximate surface area is 114 Å². The number of unbranched alkanes of at least 4 members (excludes halogenated alkanes) is 1. The Morgan fingerprint density at radius 3 is 2.78 bits per heavy atom. The first-order chi connectivity index (χ1) is 8.26. The molecule has 0 atom stereocenters. The van der Waals surface area contributed by atoms with Gasteiger partial charge in [0.25, 0.3) is 0 Å². The fraction of sp³-hybridized carbons (Fsp3) is 0.462. The van der Waals surface area contributed by atoms with Gasteiger partial charge in [-0.2, -0.15) is 0 Å². The summed E-state index contributed by atoms with van der Waals surface area (Å²) in [6, 6.07) is 7.49. The minimum absolute atomic E-state index is 0. The topological polar surface area (TPSA) is 61.5 Å². The summed E-state index contributed by atoms with van der Waals surface area (Å²) in [5, 5.41) is 0. The Hall–Kier alpha value is -1.26. The van der Waals surface area contributed by atoms with Gasteiger partial charge in [-0.25, -0.2) is 0 Å². The summed E-state index contributed by atoms with van der Waals surface area (Å²) in [5.41, 5.74) is 6.29. The van der Waals surface area contributed by atoms with Crippen LogP contribution in [0.25, 0.3) is 0 Å². The first kappa shape index (κ1) is 16.7. The molecule has 0 saturated carbocycles. The van der Waals surface area contributed by atoms with E-state index in [0.717, 1.165) is 24.2 Å². The lowest BCUT2D eigenvalue weighted by Crippen LogP contribution is -2.05. The highest BCUT2D eigenvalue weighted by atomic mass is 35.5. The monoisotopic (exact) mass is 273 g/mol. The number of esters is 1. The zero-order chi connectivity index (χ0) is 12.5. The van der Waals surface area contributed by atoms with E-state index in [4.69, 9.17) is 10.5 Å². The normalized spacial score (nSPS) is 9.44.